The zero-order valence-corrected chi connectivity index (χ0v) is 19.8. The Morgan fingerprint density at radius 2 is 1.54 bits per heavy atom. The van der Waals surface area contributed by atoms with Gasteiger partial charge in [-0.3, -0.25) is 19.6 Å². The van der Waals surface area contributed by atoms with E-state index in [4.69, 9.17) is 9.94 Å². The number of fused-ring (bicyclic) bond motifs is 2. The lowest BCUT2D eigenvalue weighted by Gasteiger charge is -2.18. The van der Waals surface area contributed by atoms with Crippen LogP contribution in [-0.4, -0.2) is 35.5 Å². The number of nitrogens with one attached hydrogen (secondary N) is 1. The second-order valence-corrected chi connectivity index (χ2v) is 8.79. The van der Waals surface area contributed by atoms with Crippen LogP contribution in [0.15, 0.2) is 48.5 Å². The normalized spacial score (nSPS) is 12.9. The maximum absolute atomic E-state index is 13.4. The van der Waals surface area contributed by atoms with Gasteiger partial charge in [0, 0.05) is 0 Å². The van der Waals surface area contributed by atoms with Crippen molar-refractivity contribution in [3.05, 3.63) is 76.3 Å². The van der Waals surface area contributed by atoms with Crippen molar-refractivity contribution in [1.82, 2.24) is 5.48 Å². The summed E-state index contributed by atoms with van der Waals surface area (Å²) < 4.78 is 5.36. The van der Waals surface area contributed by atoms with Gasteiger partial charge in [-0.1, -0.05) is 50.2 Å². The van der Waals surface area contributed by atoms with E-state index in [9.17, 15) is 19.2 Å². The van der Waals surface area contributed by atoms with E-state index in [1.54, 1.807) is 60.9 Å². The van der Waals surface area contributed by atoms with Gasteiger partial charge in [-0.25, -0.2) is 15.2 Å². The molecule has 1 aromatic carbocycles. The highest BCUT2D eigenvalue weighted by atomic mass is 16.5. The zero-order valence-electron chi connectivity index (χ0n) is 19.8. The predicted molar refractivity (Wildman–Crippen MR) is 129 cm³/mol. The van der Waals surface area contributed by atoms with E-state index < -0.39 is 23.7 Å². The van der Waals surface area contributed by atoms with Crippen molar-refractivity contribution in [3.8, 4) is 11.1 Å². The second-order valence-electron chi connectivity index (χ2n) is 8.79. The molecule has 2 N–H and O–H groups in total. The Bertz CT molecular complexity index is 1280. The smallest absolute Gasteiger partial charge is 0.340 e. The van der Waals surface area contributed by atoms with Gasteiger partial charge in [0.05, 0.1) is 35.4 Å². The largest absolute Gasteiger partial charge is 0.462 e. The molecule has 0 atom stereocenters. The van der Waals surface area contributed by atoms with Crippen molar-refractivity contribution in [2.75, 3.05) is 11.5 Å². The number of hydroxylamine groups is 1. The minimum Gasteiger partial charge on any atom is -0.462 e. The highest BCUT2D eigenvalue weighted by molar-refractivity contribution is 6.36. The van der Waals surface area contributed by atoms with Crippen LogP contribution < -0.4 is 10.4 Å². The molecule has 3 amide bonds. The summed E-state index contributed by atoms with van der Waals surface area (Å²) >= 11 is 0. The van der Waals surface area contributed by atoms with Crippen LogP contribution in [0.5, 0.6) is 0 Å². The van der Waals surface area contributed by atoms with Gasteiger partial charge < -0.3 is 4.74 Å². The molecule has 35 heavy (non-hydrogen) atoms. The minimum absolute atomic E-state index is 0.0622. The highest BCUT2D eigenvalue weighted by Crippen LogP contribution is 2.46. The van der Waals surface area contributed by atoms with Crippen LogP contribution in [0.25, 0.3) is 11.1 Å². The number of rotatable bonds is 7. The van der Waals surface area contributed by atoms with Gasteiger partial charge in [-0.2, -0.15) is 0 Å². The van der Waals surface area contributed by atoms with Crippen molar-refractivity contribution < 1.29 is 29.1 Å². The predicted octanol–water partition coefficient (Wildman–Crippen LogP) is 4.02. The fourth-order valence-electron chi connectivity index (χ4n) is 4.51. The molecule has 0 fully saturated rings. The van der Waals surface area contributed by atoms with Gasteiger partial charge in [0.25, 0.3) is 11.8 Å². The number of carbonyl (C=O) groups excluding carboxylic acids is 4. The number of benzene rings is 1. The number of ether oxygens (including phenoxy) is 1. The van der Waals surface area contributed by atoms with E-state index >= 15 is 0 Å². The van der Waals surface area contributed by atoms with Crippen molar-refractivity contribution in [3.63, 3.8) is 0 Å². The van der Waals surface area contributed by atoms with E-state index in [1.807, 2.05) is 13.8 Å². The Kier molecular flexibility index (Phi) is 6.66. The molecular formula is C27H26N2O6. The fourth-order valence-corrected chi connectivity index (χ4v) is 4.51. The summed E-state index contributed by atoms with van der Waals surface area (Å²) in [5, 5.41) is 8.88. The standard InChI is InChI=1S/C27H26N2O6/c1-4-35-27(33)23-18-12-10-16(14-22(30)28-34)9-11-17(18)21(13-15(2)3)24(23)29-25(31)19-7-5-6-8-20(19)26(29)32/h5-12,15,34H,4,13-14H2,1-3H3,(H,28,30). The minimum atomic E-state index is -0.639. The number of imide groups is 1. The molecule has 1 heterocycles. The van der Waals surface area contributed by atoms with E-state index in [0.29, 0.717) is 28.7 Å². The van der Waals surface area contributed by atoms with Crippen molar-refractivity contribution in [2.45, 2.75) is 33.6 Å². The summed E-state index contributed by atoms with van der Waals surface area (Å²) in [5.41, 5.74) is 5.07. The summed E-state index contributed by atoms with van der Waals surface area (Å²) in [4.78, 5) is 52.9. The lowest BCUT2D eigenvalue weighted by atomic mass is 9.99. The van der Waals surface area contributed by atoms with Gasteiger partial charge in [-0.15, -0.1) is 0 Å². The molecule has 3 aliphatic rings. The third kappa shape index (κ3) is 4.28. The third-order valence-corrected chi connectivity index (χ3v) is 5.93. The lowest BCUT2D eigenvalue weighted by molar-refractivity contribution is -0.128. The molecule has 4 rings (SSSR count). The first kappa shape index (κ1) is 24.1. The van der Waals surface area contributed by atoms with Crippen LogP contribution in [-0.2, 0) is 22.4 Å². The number of nitrogens with zero attached hydrogens (tertiary/aromatic N) is 1. The average molecular weight is 475 g/mol. The fraction of sp³-hybridized carbons (Fsp3) is 0.259. The molecule has 0 bridgehead atoms. The summed E-state index contributed by atoms with van der Waals surface area (Å²) in [7, 11) is 0. The Hall–Kier alpha value is -4.04. The van der Waals surface area contributed by atoms with Gasteiger partial charge in [0.2, 0.25) is 5.91 Å². The molecule has 1 aromatic rings. The molecule has 0 aromatic heterocycles. The number of hydrogen-bond donors (Lipinski definition) is 2. The number of anilines is 1. The molecule has 8 heteroatoms. The molecule has 0 saturated heterocycles. The summed E-state index contributed by atoms with van der Waals surface area (Å²) in [6, 6.07) is 13.4. The van der Waals surface area contributed by atoms with Gasteiger partial charge in [0.15, 0.2) is 0 Å². The first-order valence-corrected chi connectivity index (χ1v) is 11.4. The Morgan fingerprint density at radius 3 is 2.09 bits per heavy atom. The average Bonchev–Trinajstić information content (AvgIpc) is 3.14. The lowest BCUT2D eigenvalue weighted by Crippen LogP contribution is -2.31. The molecule has 180 valence electrons. The Labute approximate surface area is 202 Å². The van der Waals surface area contributed by atoms with Gasteiger partial charge in [-0.05, 0) is 53.6 Å². The number of hydrogen-bond acceptors (Lipinski definition) is 6. The Morgan fingerprint density at radius 1 is 0.943 bits per heavy atom. The third-order valence-electron chi connectivity index (χ3n) is 5.93. The van der Waals surface area contributed by atoms with E-state index in [0.717, 1.165) is 4.90 Å². The number of carbonyl (C=O) groups is 4. The molecular weight excluding hydrogens is 448 g/mol. The van der Waals surface area contributed by atoms with E-state index in [-0.39, 0.29) is 41.3 Å². The maximum Gasteiger partial charge on any atom is 0.340 e. The maximum atomic E-state index is 13.4. The number of amides is 3. The van der Waals surface area contributed by atoms with Gasteiger partial charge >= 0.3 is 5.97 Å². The second kappa shape index (κ2) is 9.68. The molecule has 0 spiro atoms. The molecule has 1 aliphatic heterocycles. The number of esters is 1. The molecule has 8 nitrogen and oxygen atoms in total. The monoisotopic (exact) mass is 474 g/mol. The highest BCUT2D eigenvalue weighted by Gasteiger charge is 2.42. The summed E-state index contributed by atoms with van der Waals surface area (Å²) in [6.07, 6.45) is 0.433. The topological polar surface area (TPSA) is 113 Å². The summed E-state index contributed by atoms with van der Waals surface area (Å²) in [6.45, 7) is 5.82. The Balaban J connectivity index is 2.00. The van der Waals surface area contributed by atoms with Gasteiger partial charge in [0.1, 0.15) is 0 Å². The molecule has 0 radical (unpaired) electrons. The van der Waals surface area contributed by atoms with Crippen LogP contribution in [0, 0.1) is 5.92 Å². The molecule has 2 aliphatic carbocycles. The first-order valence-electron chi connectivity index (χ1n) is 11.4. The molecule has 0 saturated carbocycles. The first-order chi connectivity index (χ1) is 16.8. The molecule has 0 unspecified atom stereocenters. The SMILES string of the molecule is CCOC(=O)c1c2ccc(CC(=O)NO)ccc-2c(CC(C)C)c1N1C(=O)c2ccccc2C1=O. The van der Waals surface area contributed by atoms with Crippen molar-refractivity contribution in [1.29, 1.82) is 0 Å². The quantitative estimate of drug-likeness (QED) is 0.232. The van der Waals surface area contributed by atoms with E-state index in [1.165, 1.54) is 0 Å². The summed E-state index contributed by atoms with van der Waals surface area (Å²) in [5.74, 6) is -2.03. The van der Waals surface area contributed by atoms with Crippen LogP contribution in [0.2, 0.25) is 0 Å². The van der Waals surface area contributed by atoms with Crippen LogP contribution in [0.1, 0.15) is 63.0 Å². The van der Waals surface area contributed by atoms with Crippen LogP contribution >= 0.6 is 0 Å². The van der Waals surface area contributed by atoms with Crippen LogP contribution in [0.4, 0.5) is 5.69 Å². The van der Waals surface area contributed by atoms with Crippen LogP contribution in [0.3, 0.4) is 0 Å². The zero-order chi connectivity index (χ0) is 25.3. The van der Waals surface area contributed by atoms with Crippen molar-refractivity contribution >= 4 is 29.4 Å². The van der Waals surface area contributed by atoms with E-state index in [2.05, 4.69) is 0 Å². The van der Waals surface area contributed by atoms with Crippen molar-refractivity contribution in [2.24, 2.45) is 5.92 Å².